The first-order valence-corrected chi connectivity index (χ1v) is 6.36. The summed E-state index contributed by atoms with van der Waals surface area (Å²) < 4.78 is 0.822. The van der Waals surface area contributed by atoms with E-state index in [0.29, 0.717) is 22.0 Å². The number of carbonyl (C=O) groups is 1. The fourth-order valence-corrected chi connectivity index (χ4v) is 2.23. The zero-order valence-corrected chi connectivity index (χ0v) is 11.6. The van der Waals surface area contributed by atoms with Crippen molar-refractivity contribution in [3.8, 4) is 0 Å². The van der Waals surface area contributed by atoms with Crippen LogP contribution in [0.15, 0.2) is 46.9 Å². The van der Waals surface area contributed by atoms with Crippen molar-refractivity contribution in [2.24, 2.45) is 0 Å². The molecule has 0 saturated heterocycles. The molecular weight excluding hydrogens is 316 g/mol. The molecule has 0 fully saturated rings. The molecule has 5 heteroatoms. The van der Waals surface area contributed by atoms with Gasteiger partial charge in [0.1, 0.15) is 0 Å². The third-order valence-electron chi connectivity index (χ3n) is 2.38. The molecule has 0 spiro atoms. The highest BCUT2D eigenvalue weighted by Crippen LogP contribution is 2.23. The molecular formula is C13H10BrClN2O. The Bertz CT molecular complexity index is 601. The summed E-state index contributed by atoms with van der Waals surface area (Å²) in [7, 11) is 0. The Kier molecular flexibility index (Phi) is 3.89. The van der Waals surface area contributed by atoms with Gasteiger partial charge in [-0.05, 0) is 30.3 Å². The molecule has 0 aromatic heterocycles. The molecule has 3 nitrogen and oxygen atoms in total. The van der Waals surface area contributed by atoms with E-state index in [1.807, 2.05) is 0 Å². The van der Waals surface area contributed by atoms with Crippen LogP contribution in [-0.4, -0.2) is 5.91 Å². The van der Waals surface area contributed by atoms with Crippen LogP contribution >= 0.6 is 27.5 Å². The highest BCUT2D eigenvalue weighted by atomic mass is 79.9. The van der Waals surface area contributed by atoms with Gasteiger partial charge in [0.25, 0.3) is 5.91 Å². The molecule has 0 bridgehead atoms. The van der Waals surface area contributed by atoms with E-state index in [2.05, 4.69) is 21.2 Å². The summed E-state index contributed by atoms with van der Waals surface area (Å²) in [6.45, 7) is 0. The summed E-state index contributed by atoms with van der Waals surface area (Å²) in [6.07, 6.45) is 0. The average molecular weight is 326 g/mol. The summed E-state index contributed by atoms with van der Waals surface area (Å²) in [5.41, 5.74) is 7.24. The predicted molar refractivity (Wildman–Crippen MR) is 78.0 cm³/mol. The fourth-order valence-electron chi connectivity index (χ4n) is 1.47. The van der Waals surface area contributed by atoms with Crippen LogP contribution < -0.4 is 11.1 Å². The van der Waals surface area contributed by atoms with Gasteiger partial charge in [-0.25, -0.2) is 0 Å². The van der Waals surface area contributed by atoms with Crippen molar-refractivity contribution in [2.45, 2.75) is 0 Å². The maximum Gasteiger partial charge on any atom is 0.257 e. The number of carbonyl (C=O) groups excluding carboxylic acids is 1. The van der Waals surface area contributed by atoms with Gasteiger partial charge in [-0.1, -0.05) is 39.7 Å². The second-order valence-electron chi connectivity index (χ2n) is 3.67. The summed E-state index contributed by atoms with van der Waals surface area (Å²) >= 11 is 9.30. The third kappa shape index (κ3) is 2.83. The van der Waals surface area contributed by atoms with Crippen molar-refractivity contribution in [3.05, 3.63) is 57.5 Å². The van der Waals surface area contributed by atoms with Crippen LogP contribution in [0.2, 0.25) is 5.02 Å². The Labute approximate surface area is 118 Å². The molecule has 0 aliphatic heterocycles. The van der Waals surface area contributed by atoms with Crippen molar-refractivity contribution < 1.29 is 4.79 Å². The number of rotatable bonds is 2. The van der Waals surface area contributed by atoms with Crippen LogP contribution in [0.1, 0.15) is 10.4 Å². The molecule has 0 atom stereocenters. The van der Waals surface area contributed by atoms with E-state index in [0.717, 1.165) is 4.47 Å². The Balaban J connectivity index is 2.25. The van der Waals surface area contributed by atoms with Crippen molar-refractivity contribution >= 4 is 44.8 Å². The van der Waals surface area contributed by atoms with E-state index in [-0.39, 0.29) is 5.91 Å². The molecule has 92 valence electrons. The van der Waals surface area contributed by atoms with Crippen LogP contribution in [0.25, 0.3) is 0 Å². The van der Waals surface area contributed by atoms with Crippen LogP contribution in [0.3, 0.4) is 0 Å². The van der Waals surface area contributed by atoms with Gasteiger partial charge >= 0.3 is 0 Å². The molecule has 0 saturated carbocycles. The first kappa shape index (κ1) is 12.9. The van der Waals surface area contributed by atoms with Gasteiger partial charge in [0, 0.05) is 4.47 Å². The Hall–Kier alpha value is -1.52. The minimum absolute atomic E-state index is 0.287. The van der Waals surface area contributed by atoms with E-state index >= 15 is 0 Å². The Morgan fingerprint density at radius 1 is 1.22 bits per heavy atom. The molecule has 0 heterocycles. The summed E-state index contributed by atoms with van der Waals surface area (Å²) in [5, 5.41) is 3.11. The van der Waals surface area contributed by atoms with Crippen molar-refractivity contribution in [1.29, 1.82) is 0 Å². The molecule has 2 rings (SSSR count). The molecule has 3 N–H and O–H groups in total. The first-order chi connectivity index (χ1) is 8.58. The largest absolute Gasteiger partial charge is 0.397 e. The number of halogens is 2. The first-order valence-electron chi connectivity index (χ1n) is 5.19. The topological polar surface area (TPSA) is 55.1 Å². The van der Waals surface area contributed by atoms with Crippen LogP contribution in [0.5, 0.6) is 0 Å². The monoisotopic (exact) mass is 324 g/mol. The van der Waals surface area contributed by atoms with E-state index in [9.17, 15) is 4.79 Å². The molecule has 2 aromatic rings. The summed E-state index contributed by atoms with van der Waals surface area (Å²) in [5.74, 6) is -0.287. The van der Waals surface area contributed by atoms with Crippen LogP contribution in [0.4, 0.5) is 11.4 Å². The van der Waals surface area contributed by atoms with Gasteiger partial charge in [-0.3, -0.25) is 4.79 Å². The SMILES string of the molecule is Nc1ccccc1NC(=O)c1ccc(Br)cc1Cl. The lowest BCUT2D eigenvalue weighted by atomic mass is 10.2. The molecule has 0 aliphatic rings. The molecule has 0 radical (unpaired) electrons. The minimum Gasteiger partial charge on any atom is -0.397 e. The van der Waals surface area contributed by atoms with Gasteiger partial charge in [0.2, 0.25) is 0 Å². The van der Waals surface area contributed by atoms with Gasteiger partial charge in [0.15, 0.2) is 0 Å². The van der Waals surface area contributed by atoms with Crippen molar-refractivity contribution in [3.63, 3.8) is 0 Å². The van der Waals surface area contributed by atoms with Gasteiger partial charge < -0.3 is 11.1 Å². The Morgan fingerprint density at radius 3 is 2.61 bits per heavy atom. The van der Waals surface area contributed by atoms with Gasteiger partial charge in [-0.2, -0.15) is 0 Å². The average Bonchev–Trinajstić information content (AvgIpc) is 2.32. The molecule has 0 unspecified atom stereocenters. The second-order valence-corrected chi connectivity index (χ2v) is 4.99. The van der Waals surface area contributed by atoms with E-state index in [4.69, 9.17) is 17.3 Å². The number of para-hydroxylation sites is 2. The zero-order valence-electron chi connectivity index (χ0n) is 9.28. The minimum atomic E-state index is -0.287. The molecule has 1 amide bonds. The highest BCUT2D eigenvalue weighted by Gasteiger charge is 2.11. The smallest absolute Gasteiger partial charge is 0.257 e. The maximum absolute atomic E-state index is 12.0. The molecule has 0 aliphatic carbocycles. The standard InChI is InChI=1S/C13H10BrClN2O/c14-8-5-6-9(10(15)7-8)13(18)17-12-4-2-1-3-11(12)16/h1-7H,16H2,(H,17,18). The van der Waals surface area contributed by atoms with Crippen molar-refractivity contribution in [1.82, 2.24) is 0 Å². The van der Waals surface area contributed by atoms with E-state index < -0.39 is 0 Å². The number of amides is 1. The highest BCUT2D eigenvalue weighted by molar-refractivity contribution is 9.10. The number of anilines is 2. The maximum atomic E-state index is 12.0. The number of hydrogen-bond donors (Lipinski definition) is 2. The third-order valence-corrected chi connectivity index (χ3v) is 3.19. The zero-order chi connectivity index (χ0) is 13.1. The number of nitrogens with two attached hydrogens (primary N) is 1. The summed E-state index contributed by atoms with van der Waals surface area (Å²) in [6, 6.07) is 12.1. The number of benzene rings is 2. The number of hydrogen-bond acceptors (Lipinski definition) is 2. The Morgan fingerprint density at radius 2 is 1.94 bits per heavy atom. The number of nitrogens with one attached hydrogen (secondary N) is 1. The predicted octanol–water partition coefficient (Wildman–Crippen LogP) is 3.94. The summed E-state index contributed by atoms with van der Waals surface area (Å²) in [4.78, 5) is 12.0. The normalized spacial score (nSPS) is 10.1. The molecule has 2 aromatic carbocycles. The lowest BCUT2D eigenvalue weighted by molar-refractivity contribution is 0.102. The van der Waals surface area contributed by atoms with Gasteiger partial charge in [-0.15, -0.1) is 0 Å². The van der Waals surface area contributed by atoms with Crippen LogP contribution in [-0.2, 0) is 0 Å². The lowest BCUT2D eigenvalue weighted by Gasteiger charge is -2.09. The second kappa shape index (κ2) is 5.42. The number of nitrogen functional groups attached to an aromatic ring is 1. The van der Waals surface area contributed by atoms with Gasteiger partial charge in [0.05, 0.1) is 22.0 Å². The quantitative estimate of drug-likeness (QED) is 0.822. The van der Waals surface area contributed by atoms with E-state index in [1.165, 1.54) is 0 Å². The van der Waals surface area contributed by atoms with Crippen molar-refractivity contribution in [2.75, 3.05) is 11.1 Å². The fraction of sp³-hybridized carbons (Fsp3) is 0. The van der Waals surface area contributed by atoms with Crippen LogP contribution in [0, 0.1) is 0 Å². The van der Waals surface area contributed by atoms with E-state index in [1.54, 1.807) is 42.5 Å². The lowest BCUT2D eigenvalue weighted by Crippen LogP contribution is -2.13. The molecule has 18 heavy (non-hydrogen) atoms.